The van der Waals surface area contributed by atoms with E-state index in [0.717, 1.165) is 48.4 Å². The normalized spacial score (nSPS) is 10.8. The van der Waals surface area contributed by atoms with Gasteiger partial charge in [0.1, 0.15) is 23.9 Å². The highest BCUT2D eigenvalue weighted by atomic mass is 16.5. The van der Waals surface area contributed by atoms with Gasteiger partial charge in [0, 0.05) is 18.1 Å². The first-order valence-electron chi connectivity index (χ1n) is 8.42. The monoisotopic (exact) mass is 337 g/mol. The molecule has 3 aromatic rings. The number of hydrogen-bond donors (Lipinski definition) is 2. The number of phenols is 1. The third-order valence-corrected chi connectivity index (χ3v) is 4.00. The molecule has 6 nitrogen and oxygen atoms in total. The third-order valence-electron chi connectivity index (χ3n) is 4.00. The molecule has 0 fully saturated rings. The molecule has 0 spiro atoms. The van der Waals surface area contributed by atoms with E-state index >= 15 is 0 Å². The Morgan fingerprint density at radius 1 is 1.08 bits per heavy atom. The first-order chi connectivity index (χ1) is 12.3. The molecule has 6 heteroatoms. The molecule has 0 aliphatic carbocycles. The summed E-state index contributed by atoms with van der Waals surface area (Å²) < 4.78 is 5.90. The molecule has 0 bridgehead atoms. The second-order valence-electron chi connectivity index (χ2n) is 5.87. The van der Waals surface area contributed by atoms with E-state index in [1.165, 1.54) is 5.56 Å². The van der Waals surface area contributed by atoms with E-state index in [4.69, 9.17) is 4.74 Å². The van der Waals surface area contributed by atoms with Gasteiger partial charge in [0.25, 0.3) is 0 Å². The van der Waals surface area contributed by atoms with Crippen molar-refractivity contribution in [1.82, 2.24) is 20.6 Å². The highest BCUT2D eigenvalue weighted by molar-refractivity contribution is 5.43. The summed E-state index contributed by atoms with van der Waals surface area (Å²) in [7, 11) is 0. The maximum Gasteiger partial charge on any atom is 0.148 e. The minimum absolute atomic E-state index is 0.177. The number of ether oxygens (including phenoxy) is 1. The van der Waals surface area contributed by atoms with Gasteiger partial charge in [-0.15, -0.1) is 5.10 Å². The molecule has 0 atom stereocenters. The van der Waals surface area contributed by atoms with E-state index in [2.05, 4.69) is 57.9 Å². The topological polar surface area (TPSA) is 83.9 Å². The lowest BCUT2D eigenvalue weighted by Crippen LogP contribution is -2.00. The predicted molar refractivity (Wildman–Crippen MR) is 93.3 cm³/mol. The van der Waals surface area contributed by atoms with Gasteiger partial charge in [-0.3, -0.25) is 0 Å². The van der Waals surface area contributed by atoms with Crippen molar-refractivity contribution < 1.29 is 9.84 Å². The van der Waals surface area contributed by atoms with Crippen LogP contribution in [0.5, 0.6) is 11.5 Å². The molecule has 25 heavy (non-hydrogen) atoms. The molecule has 3 rings (SSSR count). The van der Waals surface area contributed by atoms with Crippen molar-refractivity contribution in [2.24, 2.45) is 0 Å². The van der Waals surface area contributed by atoms with Gasteiger partial charge >= 0.3 is 0 Å². The molecule has 0 saturated heterocycles. The molecule has 1 heterocycles. The Balaban J connectivity index is 1.58. The Kier molecular flexibility index (Phi) is 5.61. The van der Waals surface area contributed by atoms with Crippen molar-refractivity contribution in [1.29, 1.82) is 0 Å². The standard InChI is InChI=1S/C19H21N4O2/c1-2-4-16-17(24)5-3-6-18(16)25-13-15-9-7-14(8-10-15)11-12-19-20-22-23-21-19/h3,6-10,24H,2,4,11-13H2,1H3,(H,20,21,22,23). The molecular formula is C19H21N4O2. The molecule has 0 aliphatic rings. The average molecular weight is 337 g/mol. The smallest absolute Gasteiger partial charge is 0.148 e. The summed E-state index contributed by atoms with van der Waals surface area (Å²) in [6, 6.07) is 14.6. The van der Waals surface area contributed by atoms with Crippen LogP contribution >= 0.6 is 0 Å². The van der Waals surface area contributed by atoms with Gasteiger partial charge in [0.2, 0.25) is 0 Å². The van der Waals surface area contributed by atoms with Crippen molar-refractivity contribution in [2.45, 2.75) is 39.2 Å². The van der Waals surface area contributed by atoms with Crippen LogP contribution in [-0.2, 0) is 25.9 Å². The van der Waals surface area contributed by atoms with Gasteiger partial charge in [-0.1, -0.05) is 37.6 Å². The van der Waals surface area contributed by atoms with Crippen LogP contribution in [0.4, 0.5) is 0 Å². The number of aryl methyl sites for hydroxylation is 2. The highest BCUT2D eigenvalue weighted by Crippen LogP contribution is 2.29. The van der Waals surface area contributed by atoms with Crippen LogP contribution in [0.2, 0.25) is 0 Å². The van der Waals surface area contributed by atoms with Crippen molar-refractivity contribution in [3.63, 3.8) is 0 Å². The fourth-order valence-corrected chi connectivity index (χ4v) is 2.64. The minimum Gasteiger partial charge on any atom is -0.507 e. The number of phenolic OH excluding ortho intramolecular Hbond substituents is 1. The summed E-state index contributed by atoms with van der Waals surface area (Å²) in [5.74, 6) is 1.69. The molecule has 2 N–H and O–H groups in total. The second-order valence-corrected chi connectivity index (χ2v) is 5.87. The lowest BCUT2D eigenvalue weighted by molar-refractivity contribution is 0.300. The van der Waals surface area contributed by atoms with Crippen LogP contribution < -0.4 is 4.74 Å². The van der Waals surface area contributed by atoms with Gasteiger partial charge in [-0.05, 0) is 46.5 Å². The van der Waals surface area contributed by atoms with Crippen molar-refractivity contribution in [2.75, 3.05) is 0 Å². The molecule has 1 aromatic heterocycles. The van der Waals surface area contributed by atoms with Gasteiger partial charge in [0.15, 0.2) is 0 Å². The van der Waals surface area contributed by atoms with Gasteiger partial charge < -0.3 is 9.84 Å². The summed E-state index contributed by atoms with van der Waals surface area (Å²) in [6.07, 6.45) is 3.37. The summed E-state index contributed by atoms with van der Waals surface area (Å²) in [4.78, 5) is 0. The molecule has 0 aliphatic heterocycles. The van der Waals surface area contributed by atoms with Crippen LogP contribution in [0.1, 0.15) is 35.9 Å². The maximum absolute atomic E-state index is 9.94. The Morgan fingerprint density at radius 2 is 1.88 bits per heavy atom. The fourth-order valence-electron chi connectivity index (χ4n) is 2.64. The molecule has 0 saturated carbocycles. The number of aromatic nitrogens is 4. The van der Waals surface area contributed by atoms with Crippen LogP contribution in [0.3, 0.4) is 0 Å². The first kappa shape index (κ1) is 17.0. The molecular weight excluding hydrogens is 316 g/mol. The quantitative estimate of drug-likeness (QED) is 0.660. The number of H-pyrrole nitrogens is 1. The summed E-state index contributed by atoms with van der Waals surface area (Å²) in [5, 5.41) is 23.7. The van der Waals surface area contributed by atoms with E-state index in [9.17, 15) is 5.11 Å². The summed E-state index contributed by atoms with van der Waals surface area (Å²) >= 11 is 0. The lowest BCUT2D eigenvalue weighted by atomic mass is 10.1. The predicted octanol–water partition coefficient (Wildman–Crippen LogP) is 3.02. The van der Waals surface area contributed by atoms with Gasteiger partial charge in [-0.2, -0.15) is 0 Å². The number of aromatic hydroxyl groups is 1. The lowest BCUT2D eigenvalue weighted by Gasteiger charge is -2.12. The zero-order chi connectivity index (χ0) is 17.5. The number of aromatic amines is 1. The fraction of sp³-hybridized carbons (Fsp3) is 0.316. The van der Waals surface area contributed by atoms with E-state index in [-0.39, 0.29) is 5.75 Å². The van der Waals surface area contributed by atoms with Gasteiger partial charge in [-0.25, -0.2) is 5.10 Å². The van der Waals surface area contributed by atoms with Crippen molar-refractivity contribution >= 4 is 0 Å². The minimum atomic E-state index is 0.177. The van der Waals surface area contributed by atoms with E-state index in [1.54, 1.807) is 6.07 Å². The van der Waals surface area contributed by atoms with Crippen LogP contribution in [0, 0.1) is 6.07 Å². The Bertz CT molecular complexity index is 786. The first-order valence-corrected chi connectivity index (χ1v) is 8.42. The zero-order valence-corrected chi connectivity index (χ0v) is 14.2. The Labute approximate surface area is 146 Å². The average Bonchev–Trinajstić information content (AvgIpc) is 3.15. The zero-order valence-electron chi connectivity index (χ0n) is 14.2. The largest absolute Gasteiger partial charge is 0.507 e. The number of hydrogen-bond acceptors (Lipinski definition) is 5. The number of tetrazole rings is 1. The van der Waals surface area contributed by atoms with Gasteiger partial charge in [0.05, 0.1) is 0 Å². The summed E-state index contributed by atoms with van der Waals surface area (Å²) in [5.41, 5.74) is 3.13. The molecule has 0 amide bonds. The van der Waals surface area contributed by atoms with Crippen LogP contribution in [0.15, 0.2) is 36.4 Å². The van der Waals surface area contributed by atoms with E-state index in [1.807, 2.05) is 6.07 Å². The Hall–Kier alpha value is -2.89. The summed E-state index contributed by atoms with van der Waals surface area (Å²) in [6.45, 7) is 2.54. The molecule has 1 radical (unpaired) electrons. The second kappa shape index (κ2) is 8.28. The number of nitrogens with one attached hydrogen (secondary N) is 1. The molecule has 2 aromatic carbocycles. The van der Waals surface area contributed by atoms with Crippen LogP contribution in [-0.4, -0.2) is 25.7 Å². The number of rotatable bonds is 8. The SMILES string of the molecule is CCCc1c(O)[c]ccc1OCc1ccc(CCc2nnn[nH]2)cc1. The van der Waals surface area contributed by atoms with Crippen molar-refractivity contribution in [3.05, 3.63) is 65.0 Å². The third kappa shape index (κ3) is 4.56. The number of benzene rings is 2. The van der Waals surface area contributed by atoms with E-state index in [0.29, 0.717) is 6.61 Å². The Morgan fingerprint density at radius 3 is 2.60 bits per heavy atom. The molecule has 129 valence electrons. The number of nitrogens with zero attached hydrogens (tertiary/aromatic N) is 3. The van der Waals surface area contributed by atoms with E-state index < -0.39 is 0 Å². The maximum atomic E-state index is 9.94. The van der Waals surface area contributed by atoms with Crippen molar-refractivity contribution in [3.8, 4) is 11.5 Å². The van der Waals surface area contributed by atoms with Crippen LogP contribution in [0.25, 0.3) is 0 Å². The molecule has 0 unspecified atom stereocenters. The highest BCUT2D eigenvalue weighted by Gasteiger charge is 2.08.